The lowest BCUT2D eigenvalue weighted by molar-refractivity contribution is -0.120. The molecule has 0 aromatic carbocycles. The van der Waals surface area contributed by atoms with Gasteiger partial charge in [-0.3, -0.25) is 14.4 Å². The first-order valence-corrected chi connectivity index (χ1v) is 16.9. The summed E-state index contributed by atoms with van der Waals surface area (Å²) in [6.07, 6.45) is 6.90. The van der Waals surface area contributed by atoms with Gasteiger partial charge in [0.05, 0.1) is 28.9 Å². The number of rotatable bonds is 10. The first-order chi connectivity index (χ1) is 22.3. The Kier molecular flexibility index (Phi) is 16.8. The van der Waals surface area contributed by atoms with Crippen LogP contribution in [0.25, 0.3) is 0 Å². The summed E-state index contributed by atoms with van der Waals surface area (Å²) in [4.78, 5) is 53.1. The molecule has 2 bridgehead atoms. The smallest absolute Gasteiger partial charge is 0.405 e. The molecule has 7 unspecified atom stereocenters. The predicted molar refractivity (Wildman–Crippen MR) is 182 cm³/mol. The standard InChI is InChI=1S/C35H52N2O9S/c1-10-11-12-16-47-33-25(38)19-24-29(39)28(33)32(45-9)23(5)18-27(43-7)30(44-8)21(3)17-22(4)31(46-35(36)41)26(42-6)15-13-14-20(2)34(40)37-24/h13-15,17,19,21,23,26-27,30-32H,10-12,16,18H2,1-9H3,(H2,36,41)(H,37,40)/b15-13-,20-14+,22-17+. The van der Waals surface area contributed by atoms with Crippen molar-refractivity contribution in [3.05, 3.63) is 57.7 Å². The normalized spacial score (nSPS) is 31.3. The summed E-state index contributed by atoms with van der Waals surface area (Å²) in [5.74, 6) is -1.27. The Morgan fingerprint density at radius 2 is 1.70 bits per heavy atom. The molecule has 1 heterocycles. The van der Waals surface area contributed by atoms with E-state index in [0.717, 1.165) is 19.3 Å². The van der Waals surface area contributed by atoms with Gasteiger partial charge in [-0.15, -0.1) is 11.8 Å². The highest BCUT2D eigenvalue weighted by atomic mass is 32.2. The van der Waals surface area contributed by atoms with Crippen LogP contribution in [0.15, 0.2) is 57.7 Å². The summed E-state index contributed by atoms with van der Waals surface area (Å²) in [6.45, 7) is 9.37. The van der Waals surface area contributed by atoms with Gasteiger partial charge in [-0.2, -0.15) is 0 Å². The number of ketones is 2. The van der Waals surface area contributed by atoms with Crippen LogP contribution in [0.1, 0.15) is 60.3 Å². The van der Waals surface area contributed by atoms with E-state index in [1.807, 2.05) is 26.8 Å². The van der Waals surface area contributed by atoms with E-state index in [9.17, 15) is 19.2 Å². The van der Waals surface area contributed by atoms with Crippen molar-refractivity contribution < 1.29 is 42.9 Å². The molecule has 2 aliphatic rings. The molecule has 0 radical (unpaired) electrons. The van der Waals surface area contributed by atoms with Crippen molar-refractivity contribution in [1.82, 2.24) is 5.32 Å². The van der Waals surface area contributed by atoms with Crippen LogP contribution in [0.2, 0.25) is 0 Å². The first kappa shape index (κ1) is 40.1. The minimum Gasteiger partial charge on any atom is -0.439 e. The Morgan fingerprint density at radius 1 is 1.00 bits per heavy atom. The number of nitrogens with two attached hydrogens (primary N) is 1. The fourth-order valence-electron chi connectivity index (χ4n) is 5.92. The number of hydrogen-bond acceptors (Lipinski definition) is 10. The molecule has 1 aliphatic carbocycles. The number of primary amides is 1. The molecule has 0 aromatic heterocycles. The van der Waals surface area contributed by atoms with Crippen LogP contribution in [0.3, 0.4) is 0 Å². The molecule has 0 fully saturated rings. The van der Waals surface area contributed by atoms with Crippen molar-refractivity contribution in [2.45, 2.75) is 90.8 Å². The Morgan fingerprint density at radius 3 is 2.28 bits per heavy atom. The molecular formula is C35H52N2O9S. The van der Waals surface area contributed by atoms with E-state index < -0.39 is 48.3 Å². The van der Waals surface area contributed by atoms with Gasteiger partial charge < -0.3 is 34.7 Å². The highest BCUT2D eigenvalue weighted by Crippen LogP contribution is 2.36. The molecule has 47 heavy (non-hydrogen) atoms. The second kappa shape index (κ2) is 19.7. The zero-order valence-corrected chi connectivity index (χ0v) is 29.9. The molecule has 262 valence electrons. The van der Waals surface area contributed by atoms with Crippen molar-refractivity contribution in [3.8, 4) is 0 Å². The number of methoxy groups -OCH3 is 4. The second-order valence-electron chi connectivity index (χ2n) is 11.9. The van der Waals surface area contributed by atoms with Gasteiger partial charge in [-0.05, 0) is 43.9 Å². The third kappa shape index (κ3) is 11.0. The van der Waals surface area contributed by atoms with E-state index in [1.165, 1.54) is 38.1 Å². The monoisotopic (exact) mass is 676 g/mol. The first-order valence-electron chi connectivity index (χ1n) is 15.9. The number of ether oxygens (including phenoxy) is 5. The minimum atomic E-state index is -0.969. The van der Waals surface area contributed by atoms with E-state index in [4.69, 9.17) is 29.4 Å². The van der Waals surface area contributed by atoms with Crippen LogP contribution in [-0.4, -0.2) is 88.3 Å². The largest absolute Gasteiger partial charge is 0.439 e. The summed E-state index contributed by atoms with van der Waals surface area (Å²) >= 11 is 1.35. The Balaban J connectivity index is 2.74. The number of thioether (sulfide) groups is 1. The topological polar surface area (TPSA) is 152 Å². The van der Waals surface area contributed by atoms with Crippen molar-refractivity contribution in [2.75, 3.05) is 34.2 Å². The molecule has 3 N–H and O–H groups in total. The van der Waals surface area contributed by atoms with Crippen molar-refractivity contribution in [3.63, 3.8) is 0 Å². The second-order valence-corrected chi connectivity index (χ2v) is 13.0. The van der Waals surface area contributed by atoms with Crippen molar-refractivity contribution >= 4 is 35.3 Å². The van der Waals surface area contributed by atoms with E-state index in [1.54, 1.807) is 33.3 Å². The zero-order valence-electron chi connectivity index (χ0n) is 29.1. The molecule has 12 heteroatoms. The summed E-state index contributed by atoms with van der Waals surface area (Å²) in [5.41, 5.74) is 6.46. The lowest BCUT2D eigenvalue weighted by Gasteiger charge is -2.34. The van der Waals surface area contributed by atoms with Gasteiger partial charge in [-0.1, -0.05) is 57.9 Å². The summed E-state index contributed by atoms with van der Waals surface area (Å²) in [5, 5.41) is 2.64. The van der Waals surface area contributed by atoms with Crippen LogP contribution in [0, 0.1) is 11.8 Å². The van der Waals surface area contributed by atoms with Gasteiger partial charge in [0.2, 0.25) is 5.78 Å². The number of hydrogen-bond donors (Lipinski definition) is 2. The molecule has 2 rings (SSSR count). The number of nitrogens with one attached hydrogen (secondary N) is 1. The van der Waals surface area contributed by atoms with Crippen LogP contribution in [0.4, 0.5) is 4.79 Å². The summed E-state index contributed by atoms with van der Waals surface area (Å²) in [6, 6.07) is 0. The number of carbonyl (C=O) groups is 4. The third-order valence-corrected chi connectivity index (χ3v) is 9.59. The van der Waals surface area contributed by atoms with E-state index in [0.29, 0.717) is 22.7 Å². The minimum absolute atomic E-state index is 0.118. The lowest BCUT2D eigenvalue weighted by atomic mass is 9.83. The molecule has 7 atom stereocenters. The number of carbonyl (C=O) groups excluding carboxylic acids is 4. The number of amides is 2. The number of fused-ring (bicyclic) bond motifs is 2. The molecule has 0 saturated heterocycles. The molecule has 1 aliphatic heterocycles. The molecule has 11 nitrogen and oxygen atoms in total. The van der Waals surface area contributed by atoms with Gasteiger partial charge in [0, 0.05) is 51.6 Å². The van der Waals surface area contributed by atoms with Crippen molar-refractivity contribution in [1.29, 1.82) is 0 Å². The fraction of sp³-hybridized carbons (Fsp3) is 0.600. The van der Waals surface area contributed by atoms with E-state index >= 15 is 0 Å². The average molecular weight is 677 g/mol. The van der Waals surface area contributed by atoms with Gasteiger partial charge in [0.1, 0.15) is 6.10 Å². The highest BCUT2D eigenvalue weighted by Gasteiger charge is 2.39. The Hall–Kier alpha value is -3.03. The maximum absolute atomic E-state index is 14.1. The van der Waals surface area contributed by atoms with E-state index in [2.05, 4.69) is 12.2 Å². The molecule has 0 aromatic rings. The number of allylic oxidation sites excluding steroid dienone is 5. The van der Waals surface area contributed by atoms with Crippen LogP contribution in [0.5, 0.6) is 0 Å². The molecular weight excluding hydrogens is 624 g/mol. The summed E-state index contributed by atoms with van der Waals surface area (Å²) < 4.78 is 29.0. The Bertz CT molecular complexity index is 1290. The number of Topliss-reactive ketones (excluding diaryl/α,β-unsaturated/α-hetero) is 1. The van der Waals surface area contributed by atoms with E-state index in [-0.39, 0.29) is 34.5 Å². The number of unbranched alkanes of at least 4 members (excludes halogenated alkanes) is 2. The zero-order chi connectivity index (χ0) is 35.3. The van der Waals surface area contributed by atoms with Gasteiger partial charge >= 0.3 is 6.09 Å². The Labute approximate surface area is 283 Å². The van der Waals surface area contributed by atoms with Gasteiger partial charge in [0.25, 0.3) is 5.91 Å². The molecule has 2 amide bonds. The van der Waals surface area contributed by atoms with Crippen molar-refractivity contribution in [2.24, 2.45) is 17.6 Å². The third-order valence-electron chi connectivity index (χ3n) is 8.39. The maximum Gasteiger partial charge on any atom is 0.405 e. The highest BCUT2D eigenvalue weighted by molar-refractivity contribution is 8.04. The summed E-state index contributed by atoms with van der Waals surface area (Å²) in [7, 11) is 6.15. The molecule has 0 saturated carbocycles. The average Bonchev–Trinajstić information content (AvgIpc) is 3.02. The van der Waals surface area contributed by atoms with Crippen LogP contribution in [-0.2, 0) is 38.1 Å². The quantitative estimate of drug-likeness (QED) is 0.184. The lowest BCUT2D eigenvalue weighted by Crippen LogP contribution is -2.41. The molecule has 0 spiro atoms. The SMILES string of the molecule is CCCCCSC1=C2C(=O)C(=CC1=O)NC(=O)/C(C)=C/C=C\C(OC)C(OC(N)=O)/C(C)=C/C(C)C(OC)C(OC)CC(C)C2OC. The fourth-order valence-corrected chi connectivity index (χ4v) is 7.04. The van der Waals surface area contributed by atoms with Crippen LogP contribution >= 0.6 is 11.8 Å². The van der Waals surface area contributed by atoms with Gasteiger partial charge in [0.15, 0.2) is 11.9 Å². The van der Waals surface area contributed by atoms with Crippen LogP contribution < -0.4 is 11.1 Å². The van der Waals surface area contributed by atoms with Gasteiger partial charge in [-0.25, -0.2) is 4.79 Å². The maximum atomic E-state index is 14.1. The predicted octanol–water partition coefficient (Wildman–Crippen LogP) is 4.96.